The third kappa shape index (κ3) is 4.10. The molecule has 1 aromatic carbocycles. The van der Waals surface area contributed by atoms with Gasteiger partial charge in [0, 0.05) is 5.56 Å². The van der Waals surface area contributed by atoms with Gasteiger partial charge in [0.25, 0.3) is 0 Å². The highest BCUT2D eigenvalue weighted by Crippen LogP contribution is 2.18. The third-order valence-electron chi connectivity index (χ3n) is 2.15. The second-order valence-corrected chi connectivity index (χ2v) is 5.57. The van der Waals surface area contributed by atoms with Crippen LogP contribution in [0, 0.1) is 18.8 Å². The Bertz CT molecular complexity index is 554. The van der Waals surface area contributed by atoms with Crippen LogP contribution in [0.2, 0.25) is 0 Å². The molecule has 1 aromatic rings. The fourth-order valence-electron chi connectivity index (χ4n) is 1.24. The first-order valence-electron chi connectivity index (χ1n) is 5.28. The Hall–Kier alpha value is -1.51. The second-order valence-electron chi connectivity index (χ2n) is 3.56. The minimum Gasteiger partial charge on any atom is -0.320 e. The summed E-state index contributed by atoms with van der Waals surface area (Å²) >= 11 is 0. The Kier molecular flexibility index (Phi) is 4.55. The van der Waals surface area contributed by atoms with Crippen LogP contribution in [0.1, 0.15) is 18.1 Å². The Balaban J connectivity index is 3.16. The van der Waals surface area contributed by atoms with E-state index in [2.05, 4.69) is 16.6 Å². The average Bonchev–Trinajstić information content (AvgIpc) is 2.28. The summed E-state index contributed by atoms with van der Waals surface area (Å²) in [7, 11) is -3.29. The van der Waals surface area contributed by atoms with Gasteiger partial charge in [0.2, 0.25) is 10.0 Å². The lowest BCUT2D eigenvalue weighted by atomic mass is 10.1. The first-order chi connectivity index (χ1) is 7.98. The summed E-state index contributed by atoms with van der Waals surface area (Å²) in [5, 5.41) is 0. The first kappa shape index (κ1) is 13.6. The number of benzene rings is 1. The fourth-order valence-corrected chi connectivity index (χ4v) is 1.89. The van der Waals surface area contributed by atoms with Crippen molar-refractivity contribution in [1.82, 2.24) is 0 Å². The highest BCUT2D eigenvalue weighted by atomic mass is 32.2. The predicted molar refractivity (Wildman–Crippen MR) is 70.2 cm³/mol. The Morgan fingerprint density at radius 2 is 2.12 bits per heavy atom. The molecule has 4 nitrogen and oxygen atoms in total. The molecular weight excluding hydrogens is 236 g/mol. The van der Waals surface area contributed by atoms with Gasteiger partial charge in [0.15, 0.2) is 0 Å². The maximum atomic E-state index is 11.5. The van der Waals surface area contributed by atoms with Crippen molar-refractivity contribution >= 4 is 15.7 Å². The van der Waals surface area contributed by atoms with Gasteiger partial charge in [0.1, 0.15) is 0 Å². The van der Waals surface area contributed by atoms with E-state index < -0.39 is 10.0 Å². The maximum Gasteiger partial charge on any atom is 0.232 e. The van der Waals surface area contributed by atoms with Crippen LogP contribution in [0.25, 0.3) is 0 Å². The molecule has 0 bridgehead atoms. The fraction of sp³-hybridized carbons (Fsp3) is 0.333. The van der Waals surface area contributed by atoms with Crippen molar-refractivity contribution in [3.05, 3.63) is 29.3 Å². The molecule has 92 valence electrons. The first-order valence-corrected chi connectivity index (χ1v) is 6.94. The molecule has 0 amide bonds. The van der Waals surface area contributed by atoms with Crippen molar-refractivity contribution in [3.8, 4) is 11.8 Å². The Morgan fingerprint density at radius 3 is 2.71 bits per heavy atom. The van der Waals surface area contributed by atoms with E-state index in [0.717, 1.165) is 5.56 Å². The molecule has 1 rings (SSSR count). The Morgan fingerprint density at radius 1 is 1.41 bits per heavy atom. The van der Waals surface area contributed by atoms with Gasteiger partial charge in [-0.2, -0.15) is 0 Å². The van der Waals surface area contributed by atoms with E-state index in [-0.39, 0.29) is 12.3 Å². The van der Waals surface area contributed by atoms with Crippen LogP contribution in [-0.4, -0.2) is 20.7 Å². The van der Waals surface area contributed by atoms with E-state index in [1.54, 1.807) is 19.1 Å². The van der Waals surface area contributed by atoms with Gasteiger partial charge in [-0.15, -0.1) is 0 Å². The zero-order chi connectivity index (χ0) is 12.9. The molecule has 0 unspecified atom stereocenters. The molecule has 0 fully saturated rings. The van der Waals surface area contributed by atoms with Crippen LogP contribution >= 0.6 is 0 Å². The largest absolute Gasteiger partial charge is 0.320 e. The van der Waals surface area contributed by atoms with Crippen molar-refractivity contribution in [2.75, 3.05) is 17.0 Å². The molecule has 3 N–H and O–H groups in total. The van der Waals surface area contributed by atoms with E-state index in [1.165, 1.54) is 0 Å². The van der Waals surface area contributed by atoms with E-state index in [9.17, 15) is 8.42 Å². The Labute approximate surface area is 102 Å². The summed E-state index contributed by atoms with van der Waals surface area (Å²) in [6.45, 7) is 3.72. The molecule has 17 heavy (non-hydrogen) atoms. The normalized spacial score (nSPS) is 10.5. The standard InChI is InChI=1S/C12H16N2O2S/c1-3-17(15,16)14-12-9-10(2)6-7-11(12)5-4-8-13/h6-7,9,14H,3,8,13H2,1-2H3. The van der Waals surface area contributed by atoms with Crippen LogP contribution in [0.15, 0.2) is 18.2 Å². The maximum absolute atomic E-state index is 11.5. The number of hydrogen-bond acceptors (Lipinski definition) is 3. The quantitative estimate of drug-likeness (QED) is 0.790. The van der Waals surface area contributed by atoms with Gasteiger partial charge in [-0.05, 0) is 31.5 Å². The van der Waals surface area contributed by atoms with Gasteiger partial charge in [-0.25, -0.2) is 8.42 Å². The van der Waals surface area contributed by atoms with E-state index in [4.69, 9.17) is 5.73 Å². The smallest absolute Gasteiger partial charge is 0.232 e. The van der Waals surface area contributed by atoms with Gasteiger partial charge >= 0.3 is 0 Å². The van der Waals surface area contributed by atoms with Crippen molar-refractivity contribution in [1.29, 1.82) is 0 Å². The minimum atomic E-state index is -3.29. The number of nitrogens with one attached hydrogen (secondary N) is 1. The lowest BCUT2D eigenvalue weighted by Gasteiger charge is -2.09. The molecule has 0 saturated heterocycles. The number of anilines is 1. The zero-order valence-corrected chi connectivity index (χ0v) is 10.8. The van der Waals surface area contributed by atoms with Crippen LogP contribution in [-0.2, 0) is 10.0 Å². The van der Waals surface area contributed by atoms with Crippen LogP contribution in [0.4, 0.5) is 5.69 Å². The van der Waals surface area contributed by atoms with Gasteiger partial charge < -0.3 is 5.73 Å². The molecule has 0 atom stereocenters. The predicted octanol–water partition coefficient (Wildman–Crippen LogP) is 1.07. The molecule has 0 aliphatic rings. The van der Waals surface area contributed by atoms with Gasteiger partial charge in [-0.1, -0.05) is 17.9 Å². The van der Waals surface area contributed by atoms with Crippen LogP contribution in [0.3, 0.4) is 0 Å². The van der Waals surface area contributed by atoms with E-state index in [1.807, 2.05) is 13.0 Å². The number of nitrogens with two attached hydrogens (primary N) is 1. The number of rotatable bonds is 3. The molecule has 0 aliphatic carbocycles. The topological polar surface area (TPSA) is 72.2 Å². The molecule has 0 saturated carbocycles. The molecule has 0 aromatic heterocycles. The lowest BCUT2D eigenvalue weighted by Crippen LogP contribution is -2.15. The van der Waals surface area contributed by atoms with Gasteiger partial charge in [0.05, 0.1) is 18.0 Å². The number of aryl methyl sites for hydroxylation is 1. The molecular formula is C12H16N2O2S. The number of hydrogen-bond donors (Lipinski definition) is 2. The van der Waals surface area contributed by atoms with Crippen molar-refractivity contribution in [2.24, 2.45) is 5.73 Å². The molecule has 5 heteroatoms. The highest BCUT2D eigenvalue weighted by molar-refractivity contribution is 7.92. The molecule has 0 heterocycles. The van der Waals surface area contributed by atoms with Crippen LogP contribution in [0.5, 0.6) is 0 Å². The lowest BCUT2D eigenvalue weighted by molar-refractivity contribution is 0.602. The summed E-state index contributed by atoms with van der Waals surface area (Å²) in [5.41, 5.74) is 7.41. The summed E-state index contributed by atoms with van der Waals surface area (Å²) < 4.78 is 25.6. The average molecular weight is 252 g/mol. The summed E-state index contributed by atoms with van der Waals surface area (Å²) in [4.78, 5) is 0. The van der Waals surface area contributed by atoms with E-state index in [0.29, 0.717) is 11.3 Å². The van der Waals surface area contributed by atoms with Crippen molar-refractivity contribution in [2.45, 2.75) is 13.8 Å². The zero-order valence-electron chi connectivity index (χ0n) is 9.95. The van der Waals surface area contributed by atoms with Gasteiger partial charge in [-0.3, -0.25) is 4.72 Å². The molecule has 0 aliphatic heterocycles. The van der Waals surface area contributed by atoms with Crippen molar-refractivity contribution < 1.29 is 8.42 Å². The molecule has 0 spiro atoms. The SMILES string of the molecule is CCS(=O)(=O)Nc1cc(C)ccc1C#CCN. The third-order valence-corrected chi connectivity index (χ3v) is 3.44. The summed E-state index contributed by atoms with van der Waals surface area (Å²) in [5.74, 6) is 5.59. The minimum absolute atomic E-state index is 0.0324. The van der Waals surface area contributed by atoms with Crippen molar-refractivity contribution in [3.63, 3.8) is 0 Å². The second kappa shape index (κ2) is 5.71. The summed E-state index contributed by atoms with van der Waals surface area (Å²) in [6, 6.07) is 5.42. The summed E-state index contributed by atoms with van der Waals surface area (Å²) in [6.07, 6.45) is 0. The number of sulfonamides is 1. The van der Waals surface area contributed by atoms with Crippen LogP contribution < -0.4 is 10.5 Å². The van der Waals surface area contributed by atoms with E-state index >= 15 is 0 Å². The monoisotopic (exact) mass is 252 g/mol. The molecule has 0 radical (unpaired) electrons. The highest BCUT2D eigenvalue weighted by Gasteiger charge is 2.09.